The quantitative estimate of drug-likeness (QED) is 0.821. The molecule has 0 radical (unpaired) electrons. The number of nitrogens with one attached hydrogen (secondary N) is 1. The minimum absolute atomic E-state index is 0.117. The number of aryl methyl sites for hydroxylation is 1. The molecule has 0 spiro atoms. The second-order valence-corrected chi connectivity index (χ2v) is 5.73. The first-order valence-corrected chi connectivity index (χ1v) is 7.81. The molecule has 2 aromatic rings. The van der Waals surface area contributed by atoms with E-state index in [1.165, 1.54) is 5.56 Å². The Labute approximate surface area is 123 Å². The van der Waals surface area contributed by atoms with Crippen molar-refractivity contribution in [2.75, 3.05) is 6.61 Å². The third-order valence-corrected chi connectivity index (χ3v) is 4.42. The van der Waals surface area contributed by atoms with Crippen LogP contribution in [0, 0.1) is 13.8 Å². The number of aliphatic hydroxyl groups excluding tert-OH is 1. The number of nitrogens with zero attached hydrogens (tertiary/aromatic N) is 3. The summed E-state index contributed by atoms with van der Waals surface area (Å²) in [4.78, 5) is 4.38. The normalized spacial score (nSPS) is 12.8. The van der Waals surface area contributed by atoms with E-state index in [4.69, 9.17) is 5.11 Å². The molecule has 1 atom stereocenters. The Morgan fingerprint density at radius 1 is 1.45 bits per heavy atom. The molecule has 2 N–H and O–H groups in total. The predicted molar refractivity (Wildman–Crippen MR) is 80.8 cm³/mol. The first-order chi connectivity index (χ1) is 9.67. The molecule has 110 valence electrons. The van der Waals surface area contributed by atoms with E-state index >= 15 is 0 Å². The summed E-state index contributed by atoms with van der Waals surface area (Å²) in [6, 6.07) is 0.287. The van der Waals surface area contributed by atoms with Gasteiger partial charge in [0.15, 0.2) is 0 Å². The molecule has 2 rings (SSSR count). The first kappa shape index (κ1) is 15.2. The van der Waals surface area contributed by atoms with Crippen molar-refractivity contribution in [3.05, 3.63) is 33.5 Å². The highest BCUT2D eigenvalue weighted by molar-refractivity contribution is 7.09. The zero-order valence-electron chi connectivity index (χ0n) is 12.3. The van der Waals surface area contributed by atoms with E-state index in [2.05, 4.69) is 29.2 Å². The van der Waals surface area contributed by atoms with Gasteiger partial charge in [-0.05, 0) is 20.3 Å². The van der Waals surface area contributed by atoms with E-state index in [9.17, 15) is 0 Å². The zero-order chi connectivity index (χ0) is 14.5. The molecule has 0 fully saturated rings. The van der Waals surface area contributed by atoms with Crippen LogP contribution in [-0.2, 0) is 13.1 Å². The number of hydrogen-bond donors (Lipinski definition) is 2. The Kier molecular flexibility index (Phi) is 5.28. The van der Waals surface area contributed by atoms with Gasteiger partial charge in [-0.15, -0.1) is 11.3 Å². The van der Waals surface area contributed by atoms with E-state index in [0.717, 1.165) is 29.4 Å². The maximum absolute atomic E-state index is 9.04. The van der Waals surface area contributed by atoms with Crippen molar-refractivity contribution in [3.8, 4) is 0 Å². The van der Waals surface area contributed by atoms with Gasteiger partial charge >= 0.3 is 0 Å². The van der Waals surface area contributed by atoms with Gasteiger partial charge in [-0.25, -0.2) is 4.98 Å². The summed E-state index contributed by atoms with van der Waals surface area (Å²) in [6.45, 7) is 7.68. The van der Waals surface area contributed by atoms with Crippen LogP contribution in [0.2, 0.25) is 0 Å². The minimum Gasteiger partial charge on any atom is -0.394 e. The standard InChI is InChI=1S/C14H22N4OS/c1-4-13(14-15-5-8-20-14)16-9-12-10(2)17-18(6-7-19)11(12)3/h5,8,13,16,19H,4,6-7,9H2,1-3H3. The molecule has 0 aliphatic carbocycles. The molecule has 2 aromatic heterocycles. The maximum atomic E-state index is 9.04. The van der Waals surface area contributed by atoms with Crippen LogP contribution < -0.4 is 5.32 Å². The third kappa shape index (κ3) is 3.26. The van der Waals surface area contributed by atoms with Crippen molar-refractivity contribution in [2.24, 2.45) is 0 Å². The van der Waals surface area contributed by atoms with Crippen molar-refractivity contribution >= 4 is 11.3 Å². The van der Waals surface area contributed by atoms with Gasteiger partial charge in [-0.1, -0.05) is 6.92 Å². The van der Waals surface area contributed by atoms with Crippen LogP contribution in [0.1, 0.15) is 41.3 Å². The molecule has 2 heterocycles. The summed E-state index contributed by atoms with van der Waals surface area (Å²) in [5, 5.41) is 20.2. The maximum Gasteiger partial charge on any atom is 0.109 e. The Morgan fingerprint density at radius 3 is 2.85 bits per heavy atom. The molecule has 0 aliphatic rings. The van der Waals surface area contributed by atoms with E-state index in [1.54, 1.807) is 11.3 Å². The summed E-state index contributed by atoms with van der Waals surface area (Å²) >= 11 is 1.68. The fourth-order valence-electron chi connectivity index (χ4n) is 2.34. The van der Waals surface area contributed by atoms with E-state index in [1.807, 2.05) is 23.2 Å². The summed E-state index contributed by atoms with van der Waals surface area (Å²) in [6.07, 6.45) is 2.86. The number of thiazole rings is 1. The minimum atomic E-state index is 0.117. The van der Waals surface area contributed by atoms with Crippen LogP contribution in [0.25, 0.3) is 0 Å². The van der Waals surface area contributed by atoms with Crippen LogP contribution >= 0.6 is 11.3 Å². The van der Waals surface area contributed by atoms with Gasteiger partial charge < -0.3 is 10.4 Å². The van der Waals surface area contributed by atoms with E-state index in [0.29, 0.717) is 6.54 Å². The summed E-state index contributed by atoms with van der Waals surface area (Å²) in [7, 11) is 0. The molecular weight excluding hydrogens is 272 g/mol. The lowest BCUT2D eigenvalue weighted by Gasteiger charge is -2.14. The molecule has 20 heavy (non-hydrogen) atoms. The molecule has 0 bridgehead atoms. The number of aliphatic hydroxyl groups is 1. The zero-order valence-corrected chi connectivity index (χ0v) is 13.1. The van der Waals surface area contributed by atoms with E-state index in [-0.39, 0.29) is 12.6 Å². The lowest BCUT2D eigenvalue weighted by atomic mass is 10.1. The number of aromatic nitrogens is 3. The average Bonchev–Trinajstić information content (AvgIpc) is 3.04. The van der Waals surface area contributed by atoms with Crippen LogP contribution in [0.4, 0.5) is 0 Å². The van der Waals surface area contributed by atoms with Crippen molar-refractivity contribution in [1.29, 1.82) is 0 Å². The number of rotatable bonds is 7. The number of hydrogen-bond acceptors (Lipinski definition) is 5. The van der Waals surface area contributed by atoms with Crippen molar-refractivity contribution in [3.63, 3.8) is 0 Å². The van der Waals surface area contributed by atoms with Crippen LogP contribution in [0.3, 0.4) is 0 Å². The second kappa shape index (κ2) is 6.97. The fourth-order valence-corrected chi connectivity index (χ4v) is 3.14. The molecule has 0 amide bonds. The average molecular weight is 294 g/mol. The summed E-state index contributed by atoms with van der Waals surface area (Å²) in [5.74, 6) is 0. The van der Waals surface area contributed by atoms with Gasteiger partial charge in [-0.3, -0.25) is 4.68 Å². The highest BCUT2D eigenvalue weighted by atomic mass is 32.1. The smallest absolute Gasteiger partial charge is 0.109 e. The van der Waals surface area contributed by atoms with Gasteiger partial charge in [0.05, 0.1) is 24.9 Å². The molecule has 0 saturated heterocycles. The lowest BCUT2D eigenvalue weighted by Crippen LogP contribution is -2.21. The first-order valence-electron chi connectivity index (χ1n) is 6.93. The predicted octanol–water partition coefficient (Wildman–Crippen LogP) is 2.19. The monoisotopic (exact) mass is 294 g/mol. The van der Waals surface area contributed by atoms with Crippen molar-refractivity contribution < 1.29 is 5.11 Å². The largest absolute Gasteiger partial charge is 0.394 e. The molecule has 0 saturated carbocycles. The molecule has 5 nitrogen and oxygen atoms in total. The summed E-state index contributed by atoms with van der Waals surface area (Å²) < 4.78 is 1.87. The highest BCUT2D eigenvalue weighted by Gasteiger charge is 2.15. The Hall–Kier alpha value is -1.24. The highest BCUT2D eigenvalue weighted by Crippen LogP contribution is 2.20. The molecule has 0 aliphatic heterocycles. The van der Waals surface area contributed by atoms with E-state index < -0.39 is 0 Å². The Bertz CT molecular complexity index is 536. The topological polar surface area (TPSA) is 63.0 Å². The second-order valence-electron chi connectivity index (χ2n) is 4.81. The van der Waals surface area contributed by atoms with Crippen LogP contribution in [-0.4, -0.2) is 26.5 Å². The third-order valence-electron chi connectivity index (χ3n) is 3.53. The lowest BCUT2D eigenvalue weighted by molar-refractivity contribution is 0.267. The van der Waals surface area contributed by atoms with Gasteiger partial charge in [0.2, 0.25) is 0 Å². The van der Waals surface area contributed by atoms with Crippen LogP contribution in [0.5, 0.6) is 0 Å². The SMILES string of the molecule is CCC(NCc1c(C)nn(CCO)c1C)c1nccs1. The van der Waals surface area contributed by atoms with Crippen molar-refractivity contribution in [2.45, 2.75) is 46.3 Å². The van der Waals surface area contributed by atoms with Gasteiger partial charge in [0, 0.05) is 29.4 Å². The van der Waals surface area contributed by atoms with Gasteiger partial charge in [0.25, 0.3) is 0 Å². The molecule has 1 unspecified atom stereocenters. The van der Waals surface area contributed by atoms with Crippen LogP contribution in [0.15, 0.2) is 11.6 Å². The van der Waals surface area contributed by atoms with Gasteiger partial charge in [0.1, 0.15) is 5.01 Å². The Morgan fingerprint density at radius 2 is 2.25 bits per heavy atom. The van der Waals surface area contributed by atoms with Crippen molar-refractivity contribution in [1.82, 2.24) is 20.1 Å². The summed E-state index contributed by atoms with van der Waals surface area (Å²) in [5.41, 5.74) is 3.36. The Balaban J connectivity index is 2.06. The molecule has 0 aromatic carbocycles. The molecule has 6 heteroatoms. The molecular formula is C14H22N4OS. The fraction of sp³-hybridized carbons (Fsp3) is 0.571. The van der Waals surface area contributed by atoms with Gasteiger partial charge in [-0.2, -0.15) is 5.10 Å².